The first-order valence-corrected chi connectivity index (χ1v) is 42.1. The van der Waals surface area contributed by atoms with Gasteiger partial charge >= 0.3 is 0 Å². The molecule has 8 aromatic carbocycles. The van der Waals surface area contributed by atoms with Gasteiger partial charge in [-0.1, -0.05) is 284 Å². The fourth-order valence-corrected chi connectivity index (χ4v) is 22.4. The maximum atomic E-state index is 2.88. The molecule has 2 aromatic heterocycles. The number of benzene rings is 8. The van der Waals surface area contributed by atoms with Crippen LogP contribution in [0.15, 0.2) is 140 Å². The van der Waals surface area contributed by atoms with Gasteiger partial charge in [0.1, 0.15) is 0 Å². The Morgan fingerprint density at radius 1 is 0.350 bits per heavy atom. The van der Waals surface area contributed by atoms with Gasteiger partial charge in [-0.3, -0.25) is 0 Å². The average molecular weight is 1110 g/mol. The van der Waals surface area contributed by atoms with E-state index in [1.165, 1.54) is 116 Å². The maximum Gasteiger partial charge on any atom is 0.252 e. The maximum absolute atomic E-state index is 2.88. The topological polar surface area (TPSA) is 9.86 Å². The van der Waals surface area contributed by atoms with Crippen LogP contribution < -0.4 is 37.1 Å². The monoisotopic (exact) mass is 1110 g/mol. The number of fused-ring (bicyclic) bond motifs is 14. The molecule has 4 aliphatic rings. The molecule has 0 radical (unpaired) electrons. The third-order valence-corrected chi connectivity index (χ3v) is 45.7. The van der Waals surface area contributed by atoms with E-state index in [1.807, 2.05) is 0 Å². The van der Waals surface area contributed by atoms with Gasteiger partial charge in [0.05, 0.1) is 54.4 Å². The highest BCUT2D eigenvalue weighted by Gasteiger charge is 2.56. The van der Waals surface area contributed by atoms with Gasteiger partial charge < -0.3 is 9.13 Å². The molecular weight excluding hydrogens is 1030 g/mol. The molecule has 0 fully saturated rings. The fraction of sp³-hybridized carbons (Fsp3) is 0.342. The smallest absolute Gasteiger partial charge is 0.252 e. The van der Waals surface area contributed by atoms with Crippen molar-refractivity contribution in [3.63, 3.8) is 0 Å². The van der Waals surface area contributed by atoms with E-state index in [-0.39, 0.29) is 26.9 Å². The van der Waals surface area contributed by atoms with Crippen LogP contribution in [0.4, 0.5) is 0 Å². The van der Waals surface area contributed by atoms with Gasteiger partial charge in [-0.25, -0.2) is 0 Å². The molecule has 7 heteroatoms. The predicted octanol–water partition coefficient (Wildman–Crippen LogP) is 16.2. The lowest BCUT2D eigenvalue weighted by atomic mass is 9.33. The lowest BCUT2D eigenvalue weighted by Crippen LogP contribution is -2.63. The normalized spacial score (nSPS) is 15.6. The van der Waals surface area contributed by atoms with Crippen molar-refractivity contribution in [2.75, 3.05) is 0 Å². The van der Waals surface area contributed by atoms with Gasteiger partial charge in [0.15, 0.2) is 0 Å². The second-order valence-electron chi connectivity index (χ2n) is 31.5. The third-order valence-electron chi connectivity index (χ3n) is 23.8. The molecule has 0 N–H and O–H groups in total. The van der Waals surface area contributed by atoms with Crippen LogP contribution in [-0.2, 0) is 5.41 Å². The third kappa shape index (κ3) is 6.31. The van der Waals surface area contributed by atoms with E-state index in [1.54, 1.807) is 20.7 Å². The Hall–Kier alpha value is -5.71. The fourth-order valence-electron chi connectivity index (χ4n) is 14.9. The summed E-state index contributed by atoms with van der Waals surface area (Å²) < 4.78 is 5.70. The molecule has 0 bridgehead atoms. The first-order chi connectivity index (χ1) is 37.3. The van der Waals surface area contributed by atoms with Crippen LogP contribution in [0, 0.1) is 0 Å². The molecule has 5 heterocycles. The lowest BCUT2D eigenvalue weighted by Gasteiger charge is -2.46. The molecule has 0 amide bonds. The van der Waals surface area contributed by atoms with E-state index in [0.29, 0.717) is 0 Å². The van der Waals surface area contributed by atoms with Crippen molar-refractivity contribution >= 4 is 120 Å². The Morgan fingerprint density at radius 2 is 0.775 bits per heavy atom. The van der Waals surface area contributed by atoms with E-state index in [9.17, 15) is 0 Å². The molecule has 80 heavy (non-hydrogen) atoms. The van der Waals surface area contributed by atoms with Crippen LogP contribution in [0.3, 0.4) is 0 Å². The summed E-state index contributed by atoms with van der Waals surface area (Å²) in [4.78, 5) is 0. The van der Waals surface area contributed by atoms with Gasteiger partial charge in [-0.15, -0.1) is 0 Å². The first kappa shape index (κ1) is 52.4. The van der Waals surface area contributed by atoms with Crippen LogP contribution in [0.25, 0.3) is 77.2 Å². The molecular formula is C73H83BN2Si4. The Morgan fingerprint density at radius 3 is 1.29 bits per heavy atom. The average Bonchev–Trinajstić information content (AvgIpc) is 2.33. The van der Waals surface area contributed by atoms with Crippen molar-refractivity contribution in [2.24, 2.45) is 0 Å². The highest BCUT2D eigenvalue weighted by atomic mass is 28.3. The minimum atomic E-state index is -2.16. The van der Waals surface area contributed by atoms with Gasteiger partial charge in [-0.05, 0) is 87.6 Å². The van der Waals surface area contributed by atoms with Crippen molar-refractivity contribution in [3.05, 3.63) is 162 Å². The lowest BCUT2D eigenvalue weighted by molar-refractivity contribution is 0.728. The molecule has 0 saturated carbocycles. The van der Waals surface area contributed by atoms with Crippen LogP contribution in [0.2, 0.25) is 72.5 Å². The zero-order chi connectivity index (χ0) is 56.9. The summed E-state index contributed by atoms with van der Waals surface area (Å²) in [7, 11) is -8.42. The molecule has 404 valence electrons. The second-order valence-corrected chi connectivity index (χ2v) is 52.8. The highest BCUT2D eigenvalue weighted by Crippen LogP contribution is 2.62. The van der Waals surface area contributed by atoms with Gasteiger partial charge in [0.2, 0.25) is 0 Å². The molecule has 3 aliphatic heterocycles. The van der Waals surface area contributed by atoms with Crippen molar-refractivity contribution < 1.29 is 0 Å². The number of hydrogen-bond acceptors (Lipinski definition) is 0. The van der Waals surface area contributed by atoms with Gasteiger partial charge in [0.25, 0.3) is 6.71 Å². The largest absolute Gasteiger partial charge is 0.310 e. The summed E-state index contributed by atoms with van der Waals surface area (Å²) >= 11 is 0. The van der Waals surface area contributed by atoms with E-state index in [0.717, 1.165) is 0 Å². The number of hydrogen-bond donors (Lipinski definition) is 0. The molecule has 0 unspecified atom stereocenters. The Labute approximate surface area is 482 Å². The van der Waals surface area contributed by atoms with E-state index < -0.39 is 37.7 Å². The van der Waals surface area contributed by atoms with Crippen molar-refractivity contribution in [2.45, 2.75) is 161 Å². The zero-order valence-corrected chi connectivity index (χ0v) is 55.8. The summed E-state index contributed by atoms with van der Waals surface area (Å²) in [6.07, 6.45) is 0. The van der Waals surface area contributed by atoms with Crippen molar-refractivity contribution in [1.82, 2.24) is 9.13 Å². The molecule has 14 rings (SSSR count). The predicted molar refractivity (Wildman–Crippen MR) is 363 cm³/mol. The van der Waals surface area contributed by atoms with Crippen molar-refractivity contribution in [1.29, 1.82) is 0 Å². The van der Waals surface area contributed by atoms with E-state index >= 15 is 0 Å². The molecule has 10 aromatic rings. The second kappa shape index (κ2) is 15.9. The molecule has 0 atom stereocenters. The van der Waals surface area contributed by atoms with Crippen molar-refractivity contribution in [3.8, 4) is 33.6 Å². The Balaban J connectivity index is 1.29. The Bertz CT molecular complexity index is 4350. The quantitative estimate of drug-likeness (QED) is 0.152. The molecule has 2 nitrogen and oxygen atoms in total. The van der Waals surface area contributed by atoms with Gasteiger partial charge in [0, 0.05) is 43.8 Å². The SMILES string of the molecule is CC(C)(C)[Si](C)(C)c1ccc2c(c1)c1cc([Si](C)(C)C(C)(C)C)cc3c1n2-c1c(-c2ccccc2)cc2c4c1B3c1cc([Si](C)(C)C(C)(C)C)cc3c5cc([Si](C)(C)C(C)(C)C)cc(c5n-4c13)C21c2ccccc2-c2ccccc21. The summed E-state index contributed by atoms with van der Waals surface area (Å²) in [6.45, 7) is 51.2. The number of nitrogens with zero attached hydrogens (tertiary/aromatic N) is 2. The number of rotatable bonds is 5. The van der Waals surface area contributed by atoms with Crippen LogP contribution >= 0.6 is 0 Å². The Kier molecular flexibility index (Phi) is 10.4. The van der Waals surface area contributed by atoms with Crippen LogP contribution in [-0.4, -0.2) is 48.1 Å². The summed E-state index contributed by atoms with van der Waals surface area (Å²) in [5.74, 6) is 0. The minimum Gasteiger partial charge on any atom is -0.310 e. The van der Waals surface area contributed by atoms with E-state index in [2.05, 4.69) is 284 Å². The van der Waals surface area contributed by atoms with E-state index in [4.69, 9.17) is 0 Å². The summed E-state index contributed by atoms with van der Waals surface area (Å²) in [6, 6.07) is 57.8. The standard InChI is InChI=1S/C73H83BN2Si4/c1-69(2,3)77(13,14)45-34-35-62-52(36-45)53-38-47(79(17,18)71(7,8)9)41-60-65(53)75(62)67-51(44-28-22-21-23-29-44)43-59-68-63(67)74(60)61-42-48(80(19,20)72(10,11)12)39-55-54-37-46(78(15,16)70(4,5)6)40-58(64(54)76(68)66(55)61)73(59)56-32-26-24-30-49(56)50-31-25-27-33-57(50)73/h21-43H,1-20H3. The number of aromatic nitrogens is 2. The zero-order valence-electron chi connectivity index (χ0n) is 51.8. The van der Waals surface area contributed by atoms with Crippen LogP contribution in [0.1, 0.15) is 105 Å². The summed E-state index contributed by atoms with van der Waals surface area (Å²) in [5, 5.41) is 12.5. The summed E-state index contributed by atoms with van der Waals surface area (Å²) in [5.41, 5.74) is 23.2. The van der Waals surface area contributed by atoms with Gasteiger partial charge in [-0.2, -0.15) is 0 Å². The highest BCUT2D eigenvalue weighted by molar-refractivity contribution is 7.02. The molecule has 1 aliphatic carbocycles. The molecule has 0 saturated heterocycles. The molecule has 1 spiro atoms. The van der Waals surface area contributed by atoms with Crippen LogP contribution in [0.5, 0.6) is 0 Å². The first-order valence-electron chi connectivity index (χ1n) is 30.1. The minimum absolute atomic E-state index is 0.0133.